The molecule has 0 saturated carbocycles. The number of aromatic nitrogens is 1. The van der Waals surface area contributed by atoms with E-state index in [0.717, 1.165) is 13.0 Å². The lowest BCUT2D eigenvalue weighted by Gasteiger charge is -2.07. The molecule has 0 saturated heterocycles. The van der Waals surface area contributed by atoms with E-state index in [1.165, 1.54) is 7.11 Å². The van der Waals surface area contributed by atoms with Crippen molar-refractivity contribution >= 4 is 5.97 Å². The van der Waals surface area contributed by atoms with Gasteiger partial charge in [-0.1, -0.05) is 6.92 Å². The quantitative estimate of drug-likeness (QED) is 0.522. The van der Waals surface area contributed by atoms with E-state index in [4.69, 9.17) is 9.47 Å². The molecule has 1 rings (SSSR count). The van der Waals surface area contributed by atoms with E-state index in [0.29, 0.717) is 24.5 Å². The van der Waals surface area contributed by atoms with E-state index >= 15 is 0 Å². The van der Waals surface area contributed by atoms with Gasteiger partial charge in [-0.25, -0.2) is 4.79 Å². The zero-order valence-corrected chi connectivity index (χ0v) is 10.8. The van der Waals surface area contributed by atoms with Crippen LogP contribution in [0, 0.1) is 0 Å². The van der Waals surface area contributed by atoms with E-state index in [1.54, 1.807) is 18.3 Å². The summed E-state index contributed by atoms with van der Waals surface area (Å²) >= 11 is 0. The summed E-state index contributed by atoms with van der Waals surface area (Å²) in [5.74, 6) is -0.399. The molecule has 0 N–H and O–H groups in total. The Morgan fingerprint density at radius 2 is 2.06 bits per heavy atom. The van der Waals surface area contributed by atoms with Crippen molar-refractivity contribution < 1.29 is 19.0 Å². The average molecular weight is 253 g/mol. The first-order valence-electron chi connectivity index (χ1n) is 5.97. The van der Waals surface area contributed by atoms with Gasteiger partial charge < -0.3 is 14.2 Å². The highest BCUT2D eigenvalue weighted by Gasteiger charge is 2.11. The van der Waals surface area contributed by atoms with Crippen molar-refractivity contribution in [3.05, 3.63) is 29.6 Å². The third kappa shape index (κ3) is 4.81. The Bertz CT molecular complexity index is 368. The van der Waals surface area contributed by atoms with Gasteiger partial charge >= 0.3 is 5.97 Å². The normalized spacial score (nSPS) is 10.3. The van der Waals surface area contributed by atoms with E-state index in [2.05, 4.69) is 16.6 Å². The fourth-order valence-corrected chi connectivity index (χ4v) is 1.38. The molecule has 18 heavy (non-hydrogen) atoms. The molecule has 0 radical (unpaired) electrons. The molecule has 1 aromatic heterocycles. The minimum Gasteiger partial charge on any atom is -0.465 e. The number of hydrogen-bond acceptors (Lipinski definition) is 5. The largest absolute Gasteiger partial charge is 0.465 e. The van der Waals surface area contributed by atoms with Crippen LogP contribution in [0.5, 0.6) is 0 Å². The van der Waals surface area contributed by atoms with Gasteiger partial charge in [-0.05, 0) is 18.6 Å². The molecule has 1 heterocycles. The van der Waals surface area contributed by atoms with Crippen molar-refractivity contribution in [2.24, 2.45) is 0 Å². The molecular weight excluding hydrogens is 234 g/mol. The van der Waals surface area contributed by atoms with Crippen molar-refractivity contribution in [1.29, 1.82) is 0 Å². The maximum absolute atomic E-state index is 11.5. The molecule has 0 aromatic carbocycles. The molecule has 0 unspecified atom stereocenters. The van der Waals surface area contributed by atoms with Gasteiger partial charge in [0.1, 0.15) is 0 Å². The van der Waals surface area contributed by atoms with Gasteiger partial charge in [0.05, 0.1) is 38.2 Å². The van der Waals surface area contributed by atoms with Crippen molar-refractivity contribution in [2.75, 3.05) is 26.9 Å². The van der Waals surface area contributed by atoms with Crippen LogP contribution >= 0.6 is 0 Å². The molecule has 5 nitrogen and oxygen atoms in total. The minimum atomic E-state index is -0.399. The molecule has 0 bridgehead atoms. The van der Waals surface area contributed by atoms with Crippen LogP contribution in [0.1, 0.15) is 29.4 Å². The SMILES string of the molecule is CCCOCCOCc1ncccc1C(=O)OC. The number of rotatable bonds is 8. The van der Waals surface area contributed by atoms with Gasteiger partial charge in [0.25, 0.3) is 0 Å². The number of carbonyl (C=O) groups excluding carboxylic acids is 1. The molecule has 1 aromatic rings. The van der Waals surface area contributed by atoms with Gasteiger partial charge in [-0.2, -0.15) is 0 Å². The summed E-state index contributed by atoms with van der Waals surface area (Å²) in [6, 6.07) is 3.37. The molecule has 0 atom stereocenters. The summed E-state index contributed by atoms with van der Waals surface area (Å²) < 4.78 is 15.4. The van der Waals surface area contributed by atoms with Crippen molar-refractivity contribution in [2.45, 2.75) is 20.0 Å². The van der Waals surface area contributed by atoms with Crippen LogP contribution in [-0.2, 0) is 20.8 Å². The summed E-state index contributed by atoms with van der Waals surface area (Å²) in [7, 11) is 1.35. The van der Waals surface area contributed by atoms with Crippen molar-refractivity contribution in [1.82, 2.24) is 4.98 Å². The second kappa shape index (κ2) is 8.60. The van der Waals surface area contributed by atoms with Gasteiger partial charge in [0.15, 0.2) is 0 Å². The lowest BCUT2D eigenvalue weighted by molar-refractivity contribution is 0.0385. The third-order valence-corrected chi connectivity index (χ3v) is 2.25. The second-order valence-corrected chi connectivity index (χ2v) is 3.65. The Labute approximate surface area is 107 Å². The molecule has 5 heteroatoms. The lowest BCUT2D eigenvalue weighted by Crippen LogP contribution is -2.10. The minimum absolute atomic E-state index is 0.279. The first-order valence-corrected chi connectivity index (χ1v) is 5.97. The second-order valence-electron chi connectivity index (χ2n) is 3.65. The summed E-state index contributed by atoms with van der Waals surface area (Å²) in [6.07, 6.45) is 2.62. The topological polar surface area (TPSA) is 57.7 Å². The molecule has 0 fully saturated rings. The summed E-state index contributed by atoms with van der Waals surface area (Å²) in [5.41, 5.74) is 1.02. The first kappa shape index (κ1) is 14.6. The van der Waals surface area contributed by atoms with Crippen LogP contribution in [0.25, 0.3) is 0 Å². The Kier molecular flexibility index (Phi) is 6.98. The number of carbonyl (C=O) groups is 1. The van der Waals surface area contributed by atoms with Gasteiger partial charge in [-0.3, -0.25) is 4.98 Å². The predicted molar refractivity (Wildman–Crippen MR) is 66.3 cm³/mol. The Morgan fingerprint density at radius 1 is 1.28 bits per heavy atom. The zero-order valence-electron chi connectivity index (χ0n) is 10.8. The Balaban J connectivity index is 2.39. The fourth-order valence-electron chi connectivity index (χ4n) is 1.38. The average Bonchev–Trinajstić information content (AvgIpc) is 2.42. The molecular formula is C13H19NO4. The van der Waals surface area contributed by atoms with Crippen molar-refractivity contribution in [3.8, 4) is 0 Å². The number of esters is 1. The Morgan fingerprint density at radius 3 is 2.78 bits per heavy atom. The van der Waals surface area contributed by atoms with E-state index in [-0.39, 0.29) is 6.61 Å². The number of ether oxygens (including phenoxy) is 3. The predicted octanol–water partition coefficient (Wildman–Crippen LogP) is 1.81. The lowest BCUT2D eigenvalue weighted by atomic mass is 10.2. The molecule has 0 aliphatic heterocycles. The highest BCUT2D eigenvalue weighted by Crippen LogP contribution is 2.08. The third-order valence-electron chi connectivity index (χ3n) is 2.25. The number of hydrogen-bond donors (Lipinski definition) is 0. The Hall–Kier alpha value is -1.46. The summed E-state index contributed by atoms with van der Waals surface area (Å²) in [6.45, 7) is 4.10. The zero-order chi connectivity index (χ0) is 13.2. The van der Waals surface area contributed by atoms with Gasteiger partial charge in [-0.15, -0.1) is 0 Å². The fraction of sp³-hybridized carbons (Fsp3) is 0.538. The molecule has 100 valence electrons. The van der Waals surface area contributed by atoms with Gasteiger partial charge in [0, 0.05) is 12.8 Å². The molecule has 0 aliphatic carbocycles. The van der Waals surface area contributed by atoms with E-state index in [1.807, 2.05) is 0 Å². The van der Waals surface area contributed by atoms with E-state index < -0.39 is 5.97 Å². The van der Waals surface area contributed by atoms with Gasteiger partial charge in [0.2, 0.25) is 0 Å². The molecule has 0 aliphatic rings. The smallest absolute Gasteiger partial charge is 0.339 e. The van der Waals surface area contributed by atoms with Crippen molar-refractivity contribution in [3.63, 3.8) is 0 Å². The highest BCUT2D eigenvalue weighted by molar-refractivity contribution is 5.90. The number of pyridine rings is 1. The van der Waals surface area contributed by atoms with Crippen LogP contribution in [-0.4, -0.2) is 37.9 Å². The summed E-state index contributed by atoms with van der Waals surface area (Å²) in [5, 5.41) is 0. The summed E-state index contributed by atoms with van der Waals surface area (Å²) in [4.78, 5) is 15.6. The molecule has 0 spiro atoms. The van der Waals surface area contributed by atoms with Crippen LogP contribution in [0.2, 0.25) is 0 Å². The maximum Gasteiger partial charge on any atom is 0.339 e. The van der Waals surface area contributed by atoms with Crippen LogP contribution in [0.3, 0.4) is 0 Å². The van der Waals surface area contributed by atoms with Crippen LogP contribution in [0.15, 0.2) is 18.3 Å². The van der Waals surface area contributed by atoms with E-state index in [9.17, 15) is 4.79 Å². The standard InChI is InChI=1S/C13H19NO4/c1-3-7-17-8-9-18-10-12-11(13(15)16-2)5-4-6-14-12/h4-6H,3,7-10H2,1-2H3. The number of methoxy groups -OCH3 is 1. The van der Waals surface area contributed by atoms with Crippen LogP contribution in [0.4, 0.5) is 0 Å². The monoisotopic (exact) mass is 253 g/mol. The number of nitrogens with zero attached hydrogens (tertiary/aromatic N) is 1. The highest BCUT2D eigenvalue weighted by atomic mass is 16.5. The maximum atomic E-state index is 11.5. The van der Waals surface area contributed by atoms with Crippen LogP contribution < -0.4 is 0 Å². The first-order chi connectivity index (χ1) is 8.79. The molecule has 0 amide bonds.